The number of hydrogen-bond donors (Lipinski definition) is 1. The van der Waals surface area contributed by atoms with E-state index in [0.717, 1.165) is 0 Å². The number of carbonyl (C=O) groups is 2. The summed E-state index contributed by atoms with van der Waals surface area (Å²) in [4.78, 5) is 29.0. The Morgan fingerprint density at radius 1 is 1.21 bits per heavy atom. The summed E-state index contributed by atoms with van der Waals surface area (Å²) in [6.07, 6.45) is 0. The Balaban J connectivity index is 1.92. The smallest absolute Gasteiger partial charge is 0.325 e. The van der Waals surface area contributed by atoms with Gasteiger partial charge in [-0.1, -0.05) is 5.16 Å². The van der Waals surface area contributed by atoms with Crippen LogP contribution in [0.1, 0.15) is 36.8 Å². The molecular formula is C20H20FN3O4. The maximum Gasteiger partial charge on any atom is 0.325 e. The number of ether oxygens (including phenoxy) is 1. The van der Waals surface area contributed by atoms with Crippen LogP contribution < -0.4 is 5.32 Å². The maximum absolute atomic E-state index is 13.2. The van der Waals surface area contributed by atoms with Gasteiger partial charge in [0.25, 0.3) is 11.6 Å². The highest BCUT2D eigenvalue weighted by Gasteiger charge is 2.21. The number of nitrogens with zero attached hydrogens (tertiary/aromatic N) is 2. The van der Waals surface area contributed by atoms with Crippen LogP contribution in [0.25, 0.3) is 22.4 Å². The summed E-state index contributed by atoms with van der Waals surface area (Å²) in [6, 6.07) is 7.26. The lowest BCUT2D eigenvalue weighted by Gasteiger charge is -2.19. The first-order chi connectivity index (χ1) is 13.1. The van der Waals surface area contributed by atoms with Gasteiger partial charge in [0.05, 0.1) is 22.3 Å². The van der Waals surface area contributed by atoms with E-state index >= 15 is 0 Å². The van der Waals surface area contributed by atoms with Crippen LogP contribution in [0.15, 0.2) is 34.9 Å². The predicted molar refractivity (Wildman–Crippen MR) is 100 cm³/mol. The van der Waals surface area contributed by atoms with Crippen molar-refractivity contribution in [2.45, 2.75) is 33.3 Å². The van der Waals surface area contributed by atoms with E-state index in [9.17, 15) is 14.0 Å². The number of halogens is 1. The Labute approximate surface area is 160 Å². The summed E-state index contributed by atoms with van der Waals surface area (Å²) in [7, 11) is 0. The molecule has 0 aliphatic heterocycles. The predicted octanol–water partition coefficient (Wildman–Crippen LogP) is 3.41. The lowest BCUT2D eigenvalue weighted by molar-refractivity contribution is -0.153. The van der Waals surface area contributed by atoms with Crippen molar-refractivity contribution in [1.29, 1.82) is 0 Å². The summed E-state index contributed by atoms with van der Waals surface area (Å²) < 4.78 is 23.6. The van der Waals surface area contributed by atoms with E-state index in [1.54, 1.807) is 45.9 Å². The van der Waals surface area contributed by atoms with Crippen molar-refractivity contribution in [2.24, 2.45) is 0 Å². The molecular weight excluding hydrogens is 365 g/mol. The van der Waals surface area contributed by atoms with Gasteiger partial charge in [0, 0.05) is 5.56 Å². The Morgan fingerprint density at radius 3 is 2.54 bits per heavy atom. The molecule has 1 amide bonds. The zero-order valence-electron chi connectivity index (χ0n) is 16.0. The molecule has 0 aliphatic carbocycles. The molecule has 0 radical (unpaired) electrons. The van der Waals surface area contributed by atoms with Gasteiger partial charge in [-0.25, -0.2) is 9.37 Å². The van der Waals surface area contributed by atoms with E-state index in [1.165, 1.54) is 12.1 Å². The number of esters is 1. The topological polar surface area (TPSA) is 94.3 Å². The molecule has 0 spiro atoms. The molecule has 7 nitrogen and oxygen atoms in total. The number of amides is 1. The van der Waals surface area contributed by atoms with E-state index in [0.29, 0.717) is 22.3 Å². The van der Waals surface area contributed by atoms with Gasteiger partial charge in [-0.3, -0.25) is 9.59 Å². The zero-order chi connectivity index (χ0) is 20.5. The van der Waals surface area contributed by atoms with Crippen molar-refractivity contribution in [3.8, 4) is 11.3 Å². The van der Waals surface area contributed by atoms with Crippen molar-refractivity contribution in [3.05, 3.63) is 47.4 Å². The monoisotopic (exact) mass is 385 g/mol. The van der Waals surface area contributed by atoms with E-state index in [1.807, 2.05) is 0 Å². The van der Waals surface area contributed by atoms with E-state index in [4.69, 9.17) is 9.26 Å². The largest absolute Gasteiger partial charge is 0.459 e. The molecule has 0 bridgehead atoms. The second-order valence-corrected chi connectivity index (χ2v) is 7.28. The summed E-state index contributed by atoms with van der Waals surface area (Å²) in [6.45, 7) is 6.64. The number of aromatic nitrogens is 2. The van der Waals surface area contributed by atoms with Gasteiger partial charge in [-0.05, 0) is 58.0 Å². The van der Waals surface area contributed by atoms with Crippen molar-refractivity contribution < 1.29 is 23.2 Å². The number of benzene rings is 1. The van der Waals surface area contributed by atoms with E-state index in [-0.39, 0.29) is 23.6 Å². The van der Waals surface area contributed by atoms with Crippen molar-refractivity contribution in [2.75, 3.05) is 6.54 Å². The number of hydrogen-bond acceptors (Lipinski definition) is 6. The minimum Gasteiger partial charge on any atom is -0.459 e. The first-order valence-electron chi connectivity index (χ1n) is 8.67. The number of aryl methyl sites for hydroxylation is 1. The fraction of sp³-hybridized carbons (Fsp3) is 0.300. The Morgan fingerprint density at radius 2 is 1.89 bits per heavy atom. The summed E-state index contributed by atoms with van der Waals surface area (Å²) in [5.74, 6) is -1.42. The number of pyridine rings is 1. The molecule has 0 saturated carbocycles. The van der Waals surface area contributed by atoms with E-state index < -0.39 is 17.5 Å². The number of nitrogens with one attached hydrogen (secondary N) is 1. The summed E-state index contributed by atoms with van der Waals surface area (Å²) in [5.41, 5.74) is 1.32. The van der Waals surface area contributed by atoms with Gasteiger partial charge in [0.2, 0.25) is 0 Å². The van der Waals surface area contributed by atoms with Gasteiger partial charge in [0.15, 0.2) is 0 Å². The first-order valence-corrected chi connectivity index (χ1v) is 8.67. The molecule has 0 aliphatic rings. The molecule has 1 aromatic carbocycles. The molecule has 1 N–H and O–H groups in total. The normalized spacial score (nSPS) is 11.5. The second-order valence-electron chi connectivity index (χ2n) is 7.28. The molecule has 0 saturated heterocycles. The average molecular weight is 385 g/mol. The maximum atomic E-state index is 13.2. The van der Waals surface area contributed by atoms with Crippen LogP contribution in [0.4, 0.5) is 4.39 Å². The lowest BCUT2D eigenvalue weighted by atomic mass is 10.1. The van der Waals surface area contributed by atoms with Crippen LogP contribution >= 0.6 is 0 Å². The lowest BCUT2D eigenvalue weighted by Crippen LogP contribution is -2.34. The number of fused-ring (bicyclic) bond motifs is 1. The van der Waals surface area contributed by atoms with Gasteiger partial charge in [-0.15, -0.1) is 0 Å². The quantitative estimate of drug-likeness (QED) is 0.692. The van der Waals surface area contributed by atoms with Crippen LogP contribution in [0.5, 0.6) is 0 Å². The van der Waals surface area contributed by atoms with Crippen molar-refractivity contribution >= 4 is 23.0 Å². The van der Waals surface area contributed by atoms with Crippen molar-refractivity contribution in [1.82, 2.24) is 15.5 Å². The molecule has 0 fully saturated rings. The van der Waals surface area contributed by atoms with Crippen LogP contribution in [0.3, 0.4) is 0 Å². The number of carbonyl (C=O) groups excluding carboxylic acids is 2. The SMILES string of the molecule is Cc1noc2nc(-c3ccc(F)cc3)cc(C(=O)NCC(=O)OC(C)(C)C)c12. The van der Waals surface area contributed by atoms with Crippen LogP contribution in [-0.2, 0) is 9.53 Å². The molecule has 3 rings (SSSR count). The van der Waals surface area contributed by atoms with E-state index in [2.05, 4.69) is 15.5 Å². The van der Waals surface area contributed by atoms with Crippen molar-refractivity contribution in [3.63, 3.8) is 0 Å². The second kappa shape index (κ2) is 7.38. The third-order valence-corrected chi connectivity index (χ3v) is 3.82. The van der Waals surface area contributed by atoms with Gasteiger partial charge < -0.3 is 14.6 Å². The van der Waals surface area contributed by atoms with Gasteiger partial charge in [0.1, 0.15) is 18.0 Å². The third-order valence-electron chi connectivity index (χ3n) is 3.82. The molecule has 2 aromatic heterocycles. The summed E-state index contributed by atoms with van der Waals surface area (Å²) in [5, 5.41) is 6.86. The van der Waals surface area contributed by atoms with Crippen LogP contribution in [0, 0.1) is 12.7 Å². The molecule has 0 atom stereocenters. The average Bonchev–Trinajstić information content (AvgIpc) is 2.99. The highest BCUT2D eigenvalue weighted by Crippen LogP contribution is 2.27. The molecule has 3 aromatic rings. The minimum absolute atomic E-state index is 0.182. The van der Waals surface area contributed by atoms with Gasteiger partial charge in [-0.2, -0.15) is 0 Å². The molecule has 28 heavy (non-hydrogen) atoms. The highest BCUT2D eigenvalue weighted by molar-refractivity contribution is 6.07. The molecule has 2 heterocycles. The first kappa shape index (κ1) is 19.5. The fourth-order valence-electron chi connectivity index (χ4n) is 2.67. The molecule has 8 heteroatoms. The standard InChI is InChI=1S/C20H20FN3O4/c1-11-17-14(18(26)22-10-16(25)27-20(2,3)4)9-15(23-19(17)28-24-11)12-5-7-13(21)8-6-12/h5-9H,10H2,1-4H3,(H,22,26). The molecule has 146 valence electrons. The summed E-state index contributed by atoms with van der Waals surface area (Å²) >= 11 is 0. The number of rotatable bonds is 4. The fourth-order valence-corrected chi connectivity index (χ4v) is 2.67. The molecule has 0 unspecified atom stereocenters. The zero-order valence-corrected chi connectivity index (χ0v) is 16.0. The minimum atomic E-state index is -0.646. The van der Waals surface area contributed by atoms with Gasteiger partial charge >= 0.3 is 5.97 Å². The third kappa shape index (κ3) is 4.33. The van der Waals surface area contributed by atoms with Crippen LogP contribution in [0.2, 0.25) is 0 Å². The highest BCUT2D eigenvalue weighted by atomic mass is 19.1. The van der Waals surface area contributed by atoms with Crippen LogP contribution in [-0.4, -0.2) is 34.2 Å². The Kier molecular flexibility index (Phi) is 5.13. The Bertz CT molecular complexity index is 1040. The Hall–Kier alpha value is -3.29.